The Morgan fingerprint density at radius 3 is 1.11 bits per heavy atom. The van der Waals surface area contributed by atoms with Crippen LogP contribution in [0.1, 0.15) is 31.8 Å². The molecule has 1 aliphatic rings. The van der Waals surface area contributed by atoms with Gasteiger partial charge in [0.05, 0.1) is 0 Å². The van der Waals surface area contributed by atoms with Gasteiger partial charge in [-0.05, 0) is 0 Å². The molecule has 2 aromatic carbocycles. The third kappa shape index (κ3) is 2.39. The Bertz CT molecular complexity index is 559. The van der Waals surface area contributed by atoms with Crippen LogP contribution >= 0.6 is 0 Å². The van der Waals surface area contributed by atoms with Crippen LogP contribution in [-0.4, -0.2) is 31.4 Å². The normalized spacial score (nSPS) is 11.8. The minimum absolute atomic E-state index is 0.0641. The summed E-state index contributed by atoms with van der Waals surface area (Å²) in [4.78, 5) is 24.2. The van der Waals surface area contributed by atoms with Crippen LogP contribution < -0.4 is 0 Å². The summed E-state index contributed by atoms with van der Waals surface area (Å²) in [5.41, 5.74) is 2.02. The number of benzene rings is 2. The Balaban J connectivity index is 0.000000408. The second-order valence-corrected chi connectivity index (χ2v) is 4.22. The van der Waals surface area contributed by atoms with E-state index in [9.17, 15) is 9.59 Å². The van der Waals surface area contributed by atoms with Gasteiger partial charge < -0.3 is 0 Å². The second-order valence-electron chi connectivity index (χ2n) is 3.84. The van der Waals surface area contributed by atoms with E-state index >= 15 is 0 Å². The van der Waals surface area contributed by atoms with Gasteiger partial charge in [0, 0.05) is 22.3 Å². The summed E-state index contributed by atoms with van der Waals surface area (Å²) in [6, 6.07) is 13.9. The summed E-state index contributed by atoms with van der Waals surface area (Å²) in [6.45, 7) is 0. The Hall–Kier alpha value is -2.08. The molecule has 0 bridgehead atoms. The summed E-state index contributed by atoms with van der Waals surface area (Å²) >= 11 is -1.75. The van der Waals surface area contributed by atoms with E-state index in [4.69, 9.17) is 7.91 Å². The van der Waals surface area contributed by atoms with E-state index in [1.165, 1.54) is 0 Å². The van der Waals surface area contributed by atoms with Crippen LogP contribution in [0.4, 0.5) is 0 Å². The zero-order valence-corrected chi connectivity index (χ0v) is 11.9. The maximum absolute atomic E-state index is 12.1. The third-order valence-corrected chi connectivity index (χ3v) is 2.83. The number of hydrogen-bond acceptors (Lipinski definition) is 3. The van der Waals surface area contributed by atoms with Gasteiger partial charge >= 0.3 is 23.6 Å². The van der Waals surface area contributed by atoms with Gasteiger partial charge in [0.1, 0.15) is 0 Å². The first kappa shape index (κ1) is 13.4. The molecule has 0 fully saturated rings. The van der Waals surface area contributed by atoms with Crippen molar-refractivity contribution < 1.29 is 17.5 Å². The van der Waals surface area contributed by atoms with Gasteiger partial charge in [-0.25, -0.2) is 0 Å². The van der Waals surface area contributed by atoms with E-state index in [1.807, 2.05) is 0 Å². The van der Waals surface area contributed by atoms with Crippen molar-refractivity contribution in [3.63, 3.8) is 0 Å². The molecule has 1 aliphatic carbocycles. The average Bonchev–Trinajstić information content (AvgIpc) is 2.46. The molecule has 0 saturated carbocycles. The first-order valence-corrected chi connectivity index (χ1v) is 7.29. The molecule has 19 heavy (non-hydrogen) atoms. The van der Waals surface area contributed by atoms with Gasteiger partial charge in [-0.15, -0.1) is 0 Å². The van der Waals surface area contributed by atoms with Crippen molar-refractivity contribution in [3.05, 3.63) is 70.8 Å². The van der Waals surface area contributed by atoms with Crippen molar-refractivity contribution in [1.82, 2.24) is 0 Å². The third-order valence-electron chi connectivity index (χ3n) is 2.83. The standard InChI is InChI=1S/C14H8O2.GeHO2/c15-13-9-5-1-2-6-10(9)14(16)12-8-4-3-7-11(12)13;2-1-3/h1-8H;2H. The number of carbonyl (C=O) groups excluding carboxylic acids is 2. The number of fused-ring (bicyclic) bond motifs is 2. The van der Waals surface area contributed by atoms with Crippen molar-refractivity contribution in [2.24, 2.45) is 0 Å². The quantitative estimate of drug-likeness (QED) is 0.637. The van der Waals surface area contributed by atoms with Crippen molar-refractivity contribution in [2.45, 2.75) is 0 Å². The molecule has 4 nitrogen and oxygen atoms in total. The summed E-state index contributed by atoms with van der Waals surface area (Å²) in [5.74, 6) is -0.128. The van der Waals surface area contributed by atoms with Crippen LogP contribution in [0, 0.1) is 0 Å². The van der Waals surface area contributed by atoms with Gasteiger partial charge in [0.2, 0.25) is 0 Å². The molecule has 93 valence electrons. The molecule has 0 atom stereocenters. The SMILES string of the molecule is O=C1c2ccccc2C(=O)c2ccccc21.[O]=[Ge][OH]. The van der Waals surface area contributed by atoms with Crippen molar-refractivity contribution in [2.75, 3.05) is 0 Å². The number of rotatable bonds is 0. The molecule has 0 saturated heterocycles. The summed E-state index contributed by atoms with van der Waals surface area (Å²) in [5, 5.41) is 0. The van der Waals surface area contributed by atoms with E-state index in [1.54, 1.807) is 48.5 Å². The first-order valence-electron chi connectivity index (χ1n) is 5.49. The van der Waals surface area contributed by atoms with Crippen LogP contribution in [0.3, 0.4) is 0 Å². The maximum atomic E-state index is 12.1. The molecule has 3 rings (SSSR count). The van der Waals surface area contributed by atoms with Gasteiger partial charge in [-0.3, -0.25) is 9.59 Å². The molecule has 0 spiro atoms. The van der Waals surface area contributed by atoms with Gasteiger partial charge in [-0.1, -0.05) is 48.5 Å². The fraction of sp³-hybridized carbons (Fsp3) is 0. The van der Waals surface area contributed by atoms with E-state index in [-0.39, 0.29) is 11.6 Å². The Labute approximate surface area is 116 Å². The molecule has 2 aromatic rings. The molecule has 0 heterocycles. The molecule has 0 aromatic heterocycles. The summed E-state index contributed by atoms with van der Waals surface area (Å²) < 4.78 is 15.8. The van der Waals surface area contributed by atoms with Gasteiger partial charge in [-0.2, -0.15) is 0 Å². The van der Waals surface area contributed by atoms with Crippen LogP contribution in [-0.2, 0) is 3.78 Å². The monoisotopic (exact) mass is 315 g/mol. The number of ketones is 2. The zero-order valence-electron chi connectivity index (χ0n) is 9.79. The van der Waals surface area contributed by atoms with E-state index in [0.717, 1.165) is 0 Å². The average molecular weight is 314 g/mol. The van der Waals surface area contributed by atoms with E-state index in [0.29, 0.717) is 22.3 Å². The van der Waals surface area contributed by atoms with E-state index < -0.39 is 15.7 Å². The van der Waals surface area contributed by atoms with Gasteiger partial charge in [0.15, 0.2) is 11.6 Å². The zero-order chi connectivity index (χ0) is 13.8. The molecule has 0 aliphatic heterocycles. The van der Waals surface area contributed by atoms with Gasteiger partial charge in [0.25, 0.3) is 0 Å². The first-order chi connectivity index (χ1) is 9.20. The summed E-state index contributed by atoms with van der Waals surface area (Å²) in [7, 11) is 0. The minimum atomic E-state index is -1.75. The van der Waals surface area contributed by atoms with Crippen LogP contribution in [0.5, 0.6) is 0 Å². The van der Waals surface area contributed by atoms with Crippen molar-refractivity contribution in [3.8, 4) is 0 Å². The van der Waals surface area contributed by atoms with Crippen LogP contribution in [0.2, 0.25) is 0 Å². The Morgan fingerprint density at radius 1 is 0.684 bits per heavy atom. The predicted molar refractivity (Wildman–Crippen MR) is 68.4 cm³/mol. The van der Waals surface area contributed by atoms with Crippen molar-refractivity contribution in [1.29, 1.82) is 0 Å². The van der Waals surface area contributed by atoms with E-state index in [2.05, 4.69) is 0 Å². The molecule has 1 radical (unpaired) electrons. The number of carbonyl (C=O) groups is 2. The second kappa shape index (κ2) is 5.71. The number of hydrogen-bond donors (Lipinski definition) is 1. The van der Waals surface area contributed by atoms with Crippen LogP contribution in [0.15, 0.2) is 48.5 Å². The van der Waals surface area contributed by atoms with Crippen LogP contribution in [0.25, 0.3) is 0 Å². The Morgan fingerprint density at radius 2 is 0.895 bits per heavy atom. The Kier molecular flexibility index (Phi) is 4.01. The predicted octanol–water partition coefficient (Wildman–Crippen LogP) is 1.41. The fourth-order valence-electron chi connectivity index (χ4n) is 2.05. The fourth-order valence-corrected chi connectivity index (χ4v) is 2.05. The summed E-state index contributed by atoms with van der Waals surface area (Å²) in [6.07, 6.45) is 0. The molecule has 1 N–H and O–H groups in total. The van der Waals surface area contributed by atoms with Crippen molar-refractivity contribution >= 4 is 27.3 Å². The molecular formula is C14H9GeO4. The molecular weight excluding hydrogens is 305 g/mol. The molecule has 0 amide bonds. The molecule has 5 heteroatoms. The topological polar surface area (TPSA) is 71.4 Å². The molecule has 0 unspecified atom stereocenters.